The van der Waals surface area contributed by atoms with E-state index in [1.54, 1.807) is 11.2 Å². The van der Waals surface area contributed by atoms with Crippen LogP contribution >= 0.6 is 0 Å². The first kappa shape index (κ1) is 12.8. The maximum Gasteiger partial charge on any atom is 0.226 e. The Morgan fingerprint density at radius 2 is 2.00 bits per heavy atom. The van der Waals surface area contributed by atoms with E-state index in [9.17, 15) is 4.79 Å². The number of nitrogens with zero attached hydrogens (tertiary/aromatic N) is 5. The molecule has 110 valence electrons. The van der Waals surface area contributed by atoms with Crippen molar-refractivity contribution < 1.29 is 9.21 Å². The number of benzene rings is 1. The summed E-state index contributed by atoms with van der Waals surface area (Å²) in [6.45, 7) is 1.77. The summed E-state index contributed by atoms with van der Waals surface area (Å²) in [5, 5.41) is 8.34. The second-order valence-corrected chi connectivity index (χ2v) is 5.07. The van der Waals surface area contributed by atoms with Gasteiger partial charge in [-0.25, -0.2) is 4.98 Å². The topological polar surface area (TPSA) is 77.0 Å². The van der Waals surface area contributed by atoms with Gasteiger partial charge < -0.3 is 13.9 Å². The molecule has 0 saturated carbocycles. The molecule has 2 aromatic heterocycles. The summed E-state index contributed by atoms with van der Waals surface area (Å²) >= 11 is 0. The molecule has 1 aliphatic rings. The van der Waals surface area contributed by atoms with E-state index < -0.39 is 0 Å². The van der Waals surface area contributed by atoms with E-state index in [-0.39, 0.29) is 0 Å². The van der Waals surface area contributed by atoms with Crippen LogP contribution in [0.25, 0.3) is 23.0 Å². The molecular weight excluding hydrogens is 282 g/mol. The molecule has 0 N–H and O–H groups in total. The molecular formula is C15H13N5O2. The quantitative estimate of drug-likeness (QED) is 0.685. The standard InChI is InChI=1S/C15H13N5O2/c21-10-19-6-7-20-13(8-19)17-18-14(20)12-9-22-15(16-12)11-4-2-1-3-5-11/h1-5,9-10H,6-8H2. The molecule has 7 heteroatoms. The van der Waals surface area contributed by atoms with Crippen molar-refractivity contribution in [3.63, 3.8) is 0 Å². The summed E-state index contributed by atoms with van der Waals surface area (Å²) in [5.41, 5.74) is 1.57. The highest BCUT2D eigenvalue weighted by Crippen LogP contribution is 2.25. The van der Waals surface area contributed by atoms with Crippen molar-refractivity contribution in [3.8, 4) is 23.0 Å². The van der Waals surface area contributed by atoms with E-state index in [1.165, 1.54) is 0 Å². The zero-order valence-corrected chi connectivity index (χ0v) is 11.7. The Bertz CT molecular complexity index is 808. The van der Waals surface area contributed by atoms with Crippen molar-refractivity contribution in [1.29, 1.82) is 0 Å². The first-order chi connectivity index (χ1) is 10.8. The van der Waals surface area contributed by atoms with Crippen molar-refractivity contribution in [1.82, 2.24) is 24.6 Å². The molecule has 1 aliphatic heterocycles. The van der Waals surface area contributed by atoms with Gasteiger partial charge in [-0.1, -0.05) is 18.2 Å². The number of carbonyl (C=O) groups excluding carboxylic acids is 1. The molecule has 3 heterocycles. The lowest BCUT2D eigenvalue weighted by molar-refractivity contribution is -0.119. The van der Waals surface area contributed by atoms with Gasteiger partial charge in [0.15, 0.2) is 11.6 Å². The molecule has 22 heavy (non-hydrogen) atoms. The third-order valence-corrected chi connectivity index (χ3v) is 3.69. The van der Waals surface area contributed by atoms with E-state index in [4.69, 9.17) is 4.42 Å². The van der Waals surface area contributed by atoms with Crippen LogP contribution in [0.2, 0.25) is 0 Å². The second-order valence-electron chi connectivity index (χ2n) is 5.07. The minimum atomic E-state index is 0.472. The van der Waals surface area contributed by atoms with E-state index in [1.807, 2.05) is 34.9 Å². The summed E-state index contributed by atoms with van der Waals surface area (Å²) in [4.78, 5) is 17.0. The zero-order valence-electron chi connectivity index (χ0n) is 11.7. The highest BCUT2D eigenvalue weighted by Gasteiger charge is 2.22. The van der Waals surface area contributed by atoms with Gasteiger partial charge in [0.1, 0.15) is 12.0 Å². The van der Waals surface area contributed by atoms with Crippen LogP contribution < -0.4 is 0 Å². The number of hydrogen-bond acceptors (Lipinski definition) is 5. The lowest BCUT2D eigenvalue weighted by Gasteiger charge is -2.23. The summed E-state index contributed by atoms with van der Waals surface area (Å²) in [6.07, 6.45) is 2.42. The molecule has 0 aliphatic carbocycles. The minimum absolute atomic E-state index is 0.472. The Kier molecular flexibility index (Phi) is 2.96. The number of oxazole rings is 1. The van der Waals surface area contributed by atoms with Gasteiger partial charge in [-0.05, 0) is 12.1 Å². The first-order valence-electron chi connectivity index (χ1n) is 6.98. The zero-order chi connectivity index (χ0) is 14.9. The number of hydrogen-bond donors (Lipinski definition) is 0. The van der Waals surface area contributed by atoms with Crippen LogP contribution in [0.1, 0.15) is 5.82 Å². The Morgan fingerprint density at radius 3 is 2.82 bits per heavy atom. The molecule has 0 atom stereocenters. The molecule has 3 aromatic rings. The van der Waals surface area contributed by atoms with Crippen molar-refractivity contribution >= 4 is 6.41 Å². The van der Waals surface area contributed by atoms with Gasteiger partial charge in [0.05, 0.1) is 6.54 Å². The highest BCUT2D eigenvalue weighted by atomic mass is 16.3. The van der Waals surface area contributed by atoms with Gasteiger partial charge in [0.2, 0.25) is 12.3 Å². The third-order valence-electron chi connectivity index (χ3n) is 3.69. The average Bonchev–Trinajstić information content (AvgIpc) is 3.21. The van der Waals surface area contributed by atoms with Gasteiger partial charge in [-0.2, -0.15) is 0 Å². The maximum absolute atomic E-state index is 10.8. The smallest absolute Gasteiger partial charge is 0.226 e. The Morgan fingerprint density at radius 1 is 1.14 bits per heavy atom. The van der Waals surface area contributed by atoms with E-state index in [0.29, 0.717) is 37.0 Å². The normalized spacial score (nSPS) is 13.9. The summed E-state index contributed by atoms with van der Waals surface area (Å²) in [7, 11) is 0. The van der Waals surface area contributed by atoms with Gasteiger partial charge >= 0.3 is 0 Å². The predicted octanol–water partition coefficient (Wildman–Crippen LogP) is 1.57. The van der Waals surface area contributed by atoms with Crippen LogP contribution in [0.5, 0.6) is 0 Å². The van der Waals surface area contributed by atoms with Gasteiger partial charge in [-0.3, -0.25) is 4.79 Å². The molecule has 0 spiro atoms. The molecule has 0 bridgehead atoms. The molecule has 0 radical (unpaired) electrons. The first-order valence-corrected chi connectivity index (χ1v) is 6.98. The lowest BCUT2D eigenvalue weighted by Crippen LogP contribution is -2.32. The number of fused-ring (bicyclic) bond motifs is 1. The fourth-order valence-corrected chi connectivity index (χ4v) is 2.55. The average molecular weight is 295 g/mol. The molecule has 4 rings (SSSR count). The Labute approximate surface area is 126 Å². The molecule has 1 amide bonds. The summed E-state index contributed by atoms with van der Waals surface area (Å²) < 4.78 is 7.53. The van der Waals surface area contributed by atoms with Gasteiger partial charge in [-0.15, -0.1) is 10.2 Å². The molecule has 0 fully saturated rings. The minimum Gasteiger partial charge on any atom is -0.444 e. The van der Waals surface area contributed by atoms with Crippen LogP contribution in [0.4, 0.5) is 0 Å². The van der Waals surface area contributed by atoms with E-state index in [0.717, 1.165) is 17.8 Å². The molecule has 7 nitrogen and oxygen atoms in total. The monoisotopic (exact) mass is 295 g/mol. The van der Waals surface area contributed by atoms with Crippen LogP contribution in [-0.2, 0) is 17.9 Å². The lowest BCUT2D eigenvalue weighted by atomic mass is 10.2. The molecule has 0 unspecified atom stereocenters. The van der Waals surface area contributed by atoms with Crippen molar-refractivity contribution in [2.75, 3.05) is 6.54 Å². The number of carbonyl (C=O) groups is 1. The maximum atomic E-state index is 10.8. The van der Waals surface area contributed by atoms with E-state index in [2.05, 4.69) is 15.2 Å². The van der Waals surface area contributed by atoms with Crippen LogP contribution in [-0.4, -0.2) is 37.6 Å². The highest BCUT2D eigenvalue weighted by molar-refractivity contribution is 5.58. The number of rotatable bonds is 3. The van der Waals surface area contributed by atoms with Crippen molar-refractivity contribution in [2.45, 2.75) is 13.1 Å². The fraction of sp³-hybridized carbons (Fsp3) is 0.200. The predicted molar refractivity (Wildman–Crippen MR) is 77.4 cm³/mol. The SMILES string of the molecule is O=CN1CCn2c(nnc2-c2coc(-c3ccccc3)n2)C1. The van der Waals surface area contributed by atoms with Crippen LogP contribution in [0.15, 0.2) is 41.0 Å². The van der Waals surface area contributed by atoms with Crippen LogP contribution in [0.3, 0.4) is 0 Å². The van der Waals surface area contributed by atoms with Crippen LogP contribution in [0, 0.1) is 0 Å². The Balaban J connectivity index is 1.68. The number of amides is 1. The molecule has 0 saturated heterocycles. The van der Waals surface area contributed by atoms with Crippen molar-refractivity contribution in [2.24, 2.45) is 0 Å². The van der Waals surface area contributed by atoms with Gasteiger partial charge in [0.25, 0.3) is 0 Å². The summed E-state index contributed by atoms with van der Waals surface area (Å²) in [6, 6.07) is 9.70. The second kappa shape index (κ2) is 5.10. The van der Waals surface area contributed by atoms with E-state index >= 15 is 0 Å². The Hall–Kier alpha value is -2.96. The van der Waals surface area contributed by atoms with Gasteiger partial charge in [0, 0.05) is 18.7 Å². The van der Waals surface area contributed by atoms with Crippen molar-refractivity contribution in [3.05, 3.63) is 42.4 Å². The summed E-state index contributed by atoms with van der Waals surface area (Å²) in [5.74, 6) is 1.99. The fourth-order valence-electron chi connectivity index (χ4n) is 2.55. The molecule has 1 aromatic carbocycles. The number of aromatic nitrogens is 4. The largest absolute Gasteiger partial charge is 0.444 e. The third kappa shape index (κ3) is 2.07.